The maximum atomic E-state index is 12.5. The summed E-state index contributed by atoms with van der Waals surface area (Å²) in [6.07, 6.45) is 6.62. The van der Waals surface area contributed by atoms with Crippen LogP contribution in [0, 0.1) is 11.8 Å². The largest absolute Gasteiger partial charge is 0.396 e. The van der Waals surface area contributed by atoms with Crippen molar-refractivity contribution in [3.05, 3.63) is 17.3 Å². The lowest BCUT2D eigenvalue weighted by Gasteiger charge is -2.20. The molecule has 1 aliphatic rings. The average molecular weight is 304 g/mol. The van der Waals surface area contributed by atoms with Gasteiger partial charge in [-0.2, -0.15) is 0 Å². The first-order valence-corrected chi connectivity index (χ1v) is 8.23. The van der Waals surface area contributed by atoms with Crippen LogP contribution in [-0.2, 0) is 0 Å². The Labute approximate surface area is 128 Å². The number of anilines is 1. The first-order chi connectivity index (χ1) is 10.1. The molecule has 0 aromatic carbocycles. The summed E-state index contributed by atoms with van der Waals surface area (Å²) in [6.45, 7) is 4.44. The highest BCUT2D eigenvalue weighted by molar-refractivity contribution is 7.21. The number of nitrogens with one attached hydrogen (secondary N) is 1. The van der Waals surface area contributed by atoms with Gasteiger partial charge in [0.15, 0.2) is 0 Å². The SMILES string of the molecule is CCC1CCC(NC(=O)c2sc3nccnc3c2N)C1C. The van der Waals surface area contributed by atoms with Crippen molar-refractivity contribution in [2.24, 2.45) is 11.8 Å². The van der Waals surface area contributed by atoms with E-state index < -0.39 is 0 Å². The van der Waals surface area contributed by atoms with Crippen LogP contribution in [0.25, 0.3) is 10.3 Å². The third kappa shape index (κ3) is 2.48. The molecule has 3 unspecified atom stereocenters. The summed E-state index contributed by atoms with van der Waals surface area (Å²) >= 11 is 1.31. The van der Waals surface area contributed by atoms with Crippen LogP contribution in [0.5, 0.6) is 0 Å². The van der Waals surface area contributed by atoms with Gasteiger partial charge in [0, 0.05) is 18.4 Å². The van der Waals surface area contributed by atoms with Gasteiger partial charge >= 0.3 is 0 Å². The Morgan fingerprint density at radius 2 is 2.19 bits per heavy atom. The van der Waals surface area contributed by atoms with Crippen LogP contribution in [0.2, 0.25) is 0 Å². The van der Waals surface area contributed by atoms with E-state index in [1.165, 1.54) is 24.2 Å². The zero-order valence-corrected chi connectivity index (χ0v) is 13.1. The van der Waals surface area contributed by atoms with Gasteiger partial charge in [-0.1, -0.05) is 20.3 Å². The second-order valence-electron chi connectivity index (χ2n) is 5.74. The molecule has 21 heavy (non-hydrogen) atoms. The zero-order chi connectivity index (χ0) is 15.0. The first kappa shape index (κ1) is 14.3. The Balaban J connectivity index is 1.80. The van der Waals surface area contributed by atoms with Gasteiger partial charge in [-0.15, -0.1) is 11.3 Å². The maximum Gasteiger partial charge on any atom is 0.263 e. The molecule has 3 atom stereocenters. The molecule has 2 aromatic rings. The van der Waals surface area contributed by atoms with Crippen LogP contribution >= 0.6 is 11.3 Å². The maximum absolute atomic E-state index is 12.5. The minimum atomic E-state index is -0.0918. The van der Waals surface area contributed by atoms with Crippen molar-refractivity contribution >= 4 is 33.3 Å². The molecule has 112 valence electrons. The molecular weight excluding hydrogens is 284 g/mol. The highest BCUT2D eigenvalue weighted by Crippen LogP contribution is 2.35. The number of rotatable bonds is 3. The van der Waals surface area contributed by atoms with Gasteiger partial charge < -0.3 is 11.1 Å². The Morgan fingerprint density at radius 3 is 2.86 bits per heavy atom. The topological polar surface area (TPSA) is 80.9 Å². The number of nitrogens with zero attached hydrogens (tertiary/aromatic N) is 2. The third-order valence-electron chi connectivity index (χ3n) is 4.64. The highest BCUT2D eigenvalue weighted by atomic mass is 32.1. The molecule has 1 amide bonds. The van der Waals surface area contributed by atoms with Gasteiger partial charge in [-0.25, -0.2) is 9.97 Å². The zero-order valence-electron chi connectivity index (χ0n) is 12.3. The molecule has 0 aliphatic heterocycles. The van der Waals surface area contributed by atoms with Crippen molar-refractivity contribution in [1.29, 1.82) is 0 Å². The van der Waals surface area contributed by atoms with Crippen LogP contribution in [0.15, 0.2) is 12.4 Å². The minimum absolute atomic E-state index is 0.0918. The van der Waals surface area contributed by atoms with E-state index in [2.05, 4.69) is 29.1 Å². The molecule has 6 heteroatoms. The van der Waals surface area contributed by atoms with E-state index in [-0.39, 0.29) is 11.9 Å². The third-order valence-corrected chi connectivity index (χ3v) is 5.74. The van der Waals surface area contributed by atoms with Crippen LogP contribution in [0.1, 0.15) is 42.8 Å². The summed E-state index contributed by atoms with van der Waals surface area (Å²) in [4.78, 5) is 22.2. The molecule has 2 heterocycles. The van der Waals surface area contributed by atoms with Gasteiger partial charge in [-0.05, 0) is 24.7 Å². The molecule has 1 saturated carbocycles. The predicted octanol–water partition coefficient (Wildman–Crippen LogP) is 2.83. The number of carbonyl (C=O) groups excluding carboxylic acids is 1. The number of hydrogen-bond donors (Lipinski definition) is 2. The van der Waals surface area contributed by atoms with Crippen molar-refractivity contribution in [2.45, 2.75) is 39.2 Å². The summed E-state index contributed by atoms with van der Waals surface area (Å²) in [6, 6.07) is 0.244. The standard InChI is InChI=1S/C15H20N4OS/c1-3-9-4-5-10(8(9)2)19-14(20)13-11(16)12-15(21-13)18-7-6-17-12/h6-10H,3-5,16H2,1-2H3,(H,19,20). The molecule has 0 bridgehead atoms. The molecule has 0 saturated heterocycles. The fraction of sp³-hybridized carbons (Fsp3) is 0.533. The minimum Gasteiger partial charge on any atom is -0.396 e. The van der Waals surface area contributed by atoms with Crippen LogP contribution in [-0.4, -0.2) is 21.9 Å². The van der Waals surface area contributed by atoms with Crippen molar-refractivity contribution < 1.29 is 4.79 Å². The van der Waals surface area contributed by atoms with Crippen molar-refractivity contribution in [1.82, 2.24) is 15.3 Å². The van der Waals surface area contributed by atoms with Crippen molar-refractivity contribution in [3.63, 3.8) is 0 Å². The van der Waals surface area contributed by atoms with Crippen LogP contribution < -0.4 is 11.1 Å². The molecule has 0 radical (unpaired) electrons. The van der Waals surface area contributed by atoms with Gasteiger partial charge in [0.25, 0.3) is 5.91 Å². The van der Waals surface area contributed by atoms with E-state index in [9.17, 15) is 4.79 Å². The summed E-state index contributed by atoms with van der Waals surface area (Å²) in [5.74, 6) is 1.13. The molecule has 1 aliphatic carbocycles. The number of thiophene rings is 1. The lowest BCUT2D eigenvalue weighted by atomic mass is 9.93. The van der Waals surface area contributed by atoms with Crippen molar-refractivity contribution in [3.8, 4) is 0 Å². The summed E-state index contributed by atoms with van der Waals surface area (Å²) in [5.41, 5.74) is 7.12. The lowest BCUT2D eigenvalue weighted by molar-refractivity contribution is 0.0931. The van der Waals surface area contributed by atoms with Crippen molar-refractivity contribution in [2.75, 3.05) is 5.73 Å². The smallest absolute Gasteiger partial charge is 0.263 e. The molecule has 1 fully saturated rings. The fourth-order valence-corrected chi connectivity index (χ4v) is 4.20. The van der Waals surface area contributed by atoms with Gasteiger partial charge in [0.1, 0.15) is 15.2 Å². The molecule has 0 spiro atoms. The first-order valence-electron chi connectivity index (χ1n) is 7.41. The Bertz CT molecular complexity index is 669. The van der Waals surface area contributed by atoms with E-state index in [0.717, 1.165) is 6.42 Å². The van der Waals surface area contributed by atoms with Gasteiger partial charge in [0.05, 0.1) is 5.69 Å². The van der Waals surface area contributed by atoms with Crippen LogP contribution in [0.3, 0.4) is 0 Å². The Morgan fingerprint density at radius 1 is 1.43 bits per heavy atom. The normalized spacial score (nSPS) is 25.3. The fourth-order valence-electron chi connectivity index (χ4n) is 3.27. The molecule has 3 N–H and O–H groups in total. The second-order valence-corrected chi connectivity index (χ2v) is 6.74. The predicted molar refractivity (Wildman–Crippen MR) is 85.3 cm³/mol. The number of nitrogens with two attached hydrogens (primary N) is 1. The summed E-state index contributed by atoms with van der Waals surface area (Å²) < 4.78 is 0. The Kier molecular flexibility index (Phi) is 3.80. The van der Waals surface area contributed by atoms with E-state index in [1.54, 1.807) is 12.4 Å². The number of amides is 1. The number of fused-ring (bicyclic) bond motifs is 1. The monoisotopic (exact) mass is 304 g/mol. The highest BCUT2D eigenvalue weighted by Gasteiger charge is 2.33. The number of nitrogen functional groups attached to an aromatic ring is 1. The Hall–Kier alpha value is -1.69. The van der Waals surface area contributed by atoms with E-state index in [0.29, 0.717) is 32.7 Å². The number of aromatic nitrogens is 2. The number of carbonyl (C=O) groups is 1. The van der Waals surface area contributed by atoms with E-state index in [1.807, 2.05) is 0 Å². The van der Waals surface area contributed by atoms with Gasteiger partial charge in [0.2, 0.25) is 0 Å². The quantitative estimate of drug-likeness (QED) is 0.913. The lowest BCUT2D eigenvalue weighted by Crippen LogP contribution is -2.37. The number of hydrogen-bond acceptors (Lipinski definition) is 5. The molecular formula is C15H20N4OS. The molecule has 2 aromatic heterocycles. The van der Waals surface area contributed by atoms with Crippen LogP contribution in [0.4, 0.5) is 5.69 Å². The summed E-state index contributed by atoms with van der Waals surface area (Å²) in [7, 11) is 0. The average Bonchev–Trinajstić information content (AvgIpc) is 3.01. The van der Waals surface area contributed by atoms with Gasteiger partial charge in [-0.3, -0.25) is 4.79 Å². The van der Waals surface area contributed by atoms with E-state index >= 15 is 0 Å². The molecule has 3 rings (SSSR count). The molecule has 5 nitrogen and oxygen atoms in total. The second kappa shape index (κ2) is 5.60. The summed E-state index contributed by atoms with van der Waals surface area (Å²) in [5, 5.41) is 3.15. The van der Waals surface area contributed by atoms with E-state index in [4.69, 9.17) is 5.73 Å².